The first-order valence-electron chi connectivity index (χ1n) is 7.03. The van der Waals surface area contributed by atoms with Crippen molar-refractivity contribution < 1.29 is 17.6 Å². The lowest BCUT2D eigenvalue weighted by molar-refractivity contribution is -0.119. The molecule has 3 rings (SSSR count). The number of hydrogen-bond donors (Lipinski definition) is 1. The molecule has 0 radical (unpaired) electrons. The minimum atomic E-state index is -3.00. The molecule has 0 spiro atoms. The Morgan fingerprint density at radius 3 is 2.78 bits per heavy atom. The highest BCUT2D eigenvalue weighted by Gasteiger charge is 2.28. The summed E-state index contributed by atoms with van der Waals surface area (Å²) < 4.78 is 28.2. The smallest absolute Gasteiger partial charge is 0.277 e. The second-order valence-corrected chi connectivity index (χ2v) is 8.35. The molecule has 0 unspecified atom stereocenters. The zero-order chi connectivity index (χ0) is 16.3. The normalized spacial score (nSPS) is 19.6. The van der Waals surface area contributed by atoms with E-state index in [1.54, 1.807) is 0 Å². The minimum absolute atomic E-state index is 0.0160. The van der Waals surface area contributed by atoms with E-state index in [1.165, 1.54) is 0 Å². The molecule has 1 fully saturated rings. The molecule has 0 saturated carbocycles. The van der Waals surface area contributed by atoms with Crippen LogP contribution in [0, 0.1) is 0 Å². The summed E-state index contributed by atoms with van der Waals surface area (Å²) in [7, 11) is -3.00. The largest absolute Gasteiger partial charge is 0.411 e. The van der Waals surface area contributed by atoms with Gasteiger partial charge in [-0.25, -0.2) is 8.42 Å². The van der Waals surface area contributed by atoms with Gasteiger partial charge in [-0.15, -0.1) is 10.2 Å². The van der Waals surface area contributed by atoms with E-state index in [-0.39, 0.29) is 29.2 Å². The van der Waals surface area contributed by atoms with Gasteiger partial charge < -0.3 is 9.73 Å². The highest BCUT2D eigenvalue weighted by atomic mass is 32.2. The van der Waals surface area contributed by atoms with Crippen molar-refractivity contribution in [2.24, 2.45) is 0 Å². The number of benzene rings is 1. The monoisotopic (exact) mass is 353 g/mol. The molecule has 1 aliphatic rings. The first-order valence-corrected chi connectivity index (χ1v) is 9.84. The molecular weight excluding hydrogens is 338 g/mol. The van der Waals surface area contributed by atoms with E-state index in [0.717, 1.165) is 17.3 Å². The SMILES string of the molecule is O=C(CSc1nnc(-c2ccccc2)o1)N[C@H]1CCS(=O)(=O)C1. The zero-order valence-corrected chi connectivity index (χ0v) is 13.8. The Bertz CT molecular complexity index is 789. The van der Waals surface area contributed by atoms with Crippen LogP contribution in [0.5, 0.6) is 0 Å². The number of hydrogen-bond acceptors (Lipinski definition) is 7. The number of thioether (sulfide) groups is 1. The summed E-state index contributed by atoms with van der Waals surface area (Å²) in [4.78, 5) is 11.8. The lowest BCUT2D eigenvalue weighted by Crippen LogP contribution is -2.36. The molecule has 7 nitrogen and oxygen atoms in total. The van der Waals surface area contributed by atoms with Crippen molar-refractivity contribution in [1.82, 2.24) is 15.5 Å². The molecule has 122 valence electrons. The molecule has 1 aromatic carbocycles. The van der Waals surface area contributed by atoms with Crippen LogP contribution in [0.1, 0.15) is 6.42 Å². The van der Waals surface area contributed by atoms with Gasteiger partial charge in [0.05, 0.1) is 17.3 Å². The van der Waals surface area contributed by atoms with E-state index in [0.29, 0.717) is 17.5 Å². The van der Waals surface area contributed by atoms with Crippen molar-refractivity contribution in [3.8, 4) is 11.5 Å². The number of nitrogens with one attached hydrogen (secondary N) is 1. The van der Waals surface area contributed by atoms with Crippen molar-refractivity contribution in [2.75, 3.05) is 17.3 Å². The van der Waals surface area contributed by atoms with Crippen LogP contribution in [-0.2, 0) is 14.6 Å². The Morgan fingerprint density at radius 1 is 1.30 bits per heavy atom. The lowest BCUT2D eigenvalue weighted by Gasteiger charge is -2.09. The molecule has 2 aromatic rings. The van der Waals surface area contributed by atoms with Crippen LogP contribution in [0.15, 0.2) is 40.0 Å². The number of aromatic nitrogens is 2. The Morgan fingerprint density at radius 2 is 2.09 bits per heavy atom. The molecule has 0 aliphatic carbocycles. The average molecular weight is 353 g/mol. The first kappa shape index (κ1) is 16.0. The van der Waals surface area contributed by atoms with Crippen molar-refractivity contribution in [2.45, 2.75) is 17.7 Å². The molecule has 1 atom stereocenters. The van der Waals surface area contributed by atoms with Crippen LogP contribution < -0.4 is 5.32 Å². The van der Waals surface area contributed by atoms with E-state index < -0.39 is 9.84 Å². The Balaban J connectivity index is 1.51. The van der Waals surface area contributed by atoms with E-state index in [9.17, 15) is 13.2 Å². The molecular formula is C14H15N3O4S2. The van der Waals surface area contributed by atoms with Crippen molar-refractivity contribution >= 4 is 27.5 Å². The third-order valence-corrected chi connectivity index (χ3v) is 5.94. The summed E-state index contributed by atoms with van der Waals surface area (Å²) >= 11 is 1.13. The quantitative estimate of drug-likeness (QED) is 0.804. The molecule has 1 N–H and O–H groups in total. The summed E-state index contributed by atoms with van der Waals surface area (Å²) in [5, 5.41) is 10.8. The fourth-order valence-corrected chi connectivity index (χ4v) is 4.52. The van der Waals surface area contributed by atoms with Crippen LogP contribution >= 0.6 is 11.8 Å². The number of sulfone groups is 1. The summed E-state index contributed by atoms with van der Waals surface area (Å²) in [5.74, 6) is 0.413. The number of amides is 1. The maximum absolute atomic E-state index is 11.8. The van der Waals surface area contributed by atoms with Gasteiger partial charge in [-0.3, -0.25) is 4.79 Å². The van der Waals surface area contributed by atoms with Crippen molar-refractivity contribution in [3.05, 3.63) is 30.3 Å². The topological polar surface area (TPSA) is 102 Å². The van der Waals surface area contributed by atoms with Gasteiger partial charge in [-0.1, -0.05) is 30.0 Å². The van der Waals surface area contributed by atoms with Crippen molar-refractivity contribution in [1.29, 1.82) is 0 Å². The van der Waals surface area contributed by atoms with Gasteiger partial charge in [0.25, 0.3) is 5.22 Å². The molecule has 0 bridgehead atoms. The molecule has 2 heterocycles. The first-order chi connectivity index (χ1) is 11.0. The maximum Gasteiger partial charge on any atom is 0.277 e. The number of carbonyl (C=O) groups is 1. The van der Waals surface area contributed by atoms with Crippen LogP contribution in [0.2, 0.25) is 0 Å². The zero-order valence-electron chi connectivity index (χ0n) is 12.1. The molecule has 9 heteroatoms. The number of carbonyl (C=O) groups excluding carboxylic acids is 1. The number of rotatable bonds is 5. The second-order valence-electron chi connectivity index (χ2n) is 5.20. The third kappa shape index (κ3) is 4.32. The van der Waals surface area contributed by atoms with E-state index >= 15 is 0 Å². The minimum Gasteiger partial charge on any atom is -0.411 e. The molecule has 1 aromatic heterocycles. The van der Waals surface area contributed by atoms with Gasteiger partial charge in [-0.2, -0.15) is 0 Å². The van der Waals surface area contributed by atoms with Gasteiger partial charge >= 0.3 is 0 Å². The molecule has 1 saturated heterocycles. The van der Waals surface area contributed by atoms with Crippen LogP contribution in [-0.4, -0.2) is 47.8 Å². The Hall–Kier alpha value is -1.87. The highest BCUT2D eigenvalue weighted by molar-refractivity contribution is 7.99. The number of nitrogens with zero attached hydrogens (tertiary/aromatic N) is 2. The van der Waals surface area contributed by atoms with Crippen molar-refractivity contribution in [3.63, 3.8) is 0 Å². The summed E-state index contributed by atoms with van der Waals surface area (Å²) in [6.45, 7) is 0. The second kappa shape index (κ2) is 6.71. The van der Waals surface area contributed by atoms with Crippen LogP contribution in [0.4, 0.5) is 0 Å². The lowest BCUT2D eigenvalue weighted by atomic mass is 10.2. The standard InChI is InChI=1S/C14H15N3O4S2/c18-12(15-11-6-7-23(19,20)9-11)8-22-14-17-16-13(21-14)10-4-2-1-3-5-10/h1-5,11H,6-9H2,(H,15,18)/t11-/m0/s1. The Labute approximate surface area is 137 Å². The summed E-state index contributed by atoms with van der Waals surface area (Å²) in [6.07, 6.45) is 0.470. The summed E-state index contributed by atoms with van der Waals surface area (Å²) in [6, 6.07) is 9.05. The predicted octanol–water partition coefficient (Wildman–Crippen LogP) is 1.13. The fourth-order valence-electron chi connectivity index (χ4n) is 2.27. The predicted molar refractivity (Wildman–Crippen MR) is 85.7 cm³/mol. The third-order valence-electron chi connectivity index (χ3n) is 3.35. The molecule has 1 amide bonds. The van der Waals surface area contributed by atoms with Gasteiger partial charge in [0.15, 0.2) is 9.84 Å². The Kier molecular flexibility index (Phi) is 4.67. The highest BCUT2D eigenvalue weighted by Crippen LogP contribution is 2.22. The fraction of sp³-hybridized carbons (Fsp3) is 0.357. The van der Waals surface area contributed by atoms with Crippen LogP contribution in [0.3, 0.4) is 0 Å². The molecule has 23 heavy (non-hydrogen) atoms. The van der Waals surface area contributed by atoms with Gasteiger partial charge in [0, 0.05) is 11.6 Å². The van der Waals surface area contributed by atoms with Gasteiger partial charge in [-0.05, 0) is 18.6 Å². The maximum atomic E-state index is 11.8. The van der Waals surface area contributed by atoms with E-state index in [2.05, 4.69) is 15.5 Å². The van der Waals surface area contributed by atoms with E-state index in [4.69, 9.17) is 4.42 Å². The molecule has 1 aliphatic heterocycles. The average Bonchev–Trinajstić information content (AvgIpc) is 3.13. The van der Waals surface area contributed by atoms with Gasteiger partial charge in [0.1, 0.15) is 0 Å². The van der Waals surface area contributed by atoms with Gasteiger partial charge in [0.2, 0.25) is 11.8 Å². The van der Waals surface area contributed by atoms with Crippen LogP contribution in [0.25, 0.3) is 11.5 Å². The summed E-state index contributed by atoms with van der Waals surface area (Å²) in [5.41, 5.74) is 0.812. The van der Waals surface area contributed by atoms with E-state index in [1.807, 2.05) is 30.3 Å².